The number of carbonyl (C=O) groups excluding carboxylic acids is 1. The molecule has 0 radical (unpaired) electrons. The molecule has 1 aromatic heterocycles. The zero-order chi connectivity index (χ0) is 21.1. The van der Waals surface area contributed by atoms with Gasteiger partial charge in [-0.05, 0) is 45.2 Å². The van der Waals surface area contributed by atoms with Gasteiger partial charge < -0.3 is 9.88 Å². The number of imidazole rings is 1. The van der Waals surface area contributed by atoms with Crippen molar-refractivity contribution in [1.29, 1.82) is 0 Å². The fraction of sp³-hybridized carbons (Fsp3) is 0.360. The van der Waals surface area contributed by atoms with Gasteiger partial charge in [-0.25, -0.2) is 4.98 Å². The summed E-state index contributed by atoms with van der Waals surface area (Å²) in [5.41, 5.74) is 5.25. The zero-order valence-corrected chi connectivity index (χ0v) is 18.7. The zero-order valence-electron chi connectivity index (χ0n) is 17.9. The van der Waals surface area contributed by atoms with Crippen LogP contribution in [0.3, 0.4) is 0 Å². The predicted molar refractivity (Wildman–Crippen MR) is 125 cm³/mol. The molecule has 2 aromatic carbocycles. The molecule has 0 aliphatic heterocycles. The summed E-state index contributed by atoms with van der Waals surface area (Å²) in [6, 6.07) is 18.6. The number of carbonyl (C=O) groups is 1. The minimum atomic E-state index is -0.241. The van der Waals surface area contributed by atoms with Gasteiger partial charge in [0.15, 0.2) is 5.16 Å². The van der Waals surface area contributed by atoms with Crippen LogP contribution in [0.4, 0.5) is 5.69 Å². The molecule has 4 nitrogen and oxygen atoms in total. The minimum Gasteiger partial charge on any atom is -0.325 e. The number of benzene rings is 2. The van der Waals surface area contributed by atoms with Crippen LogP contribution in [0.5, 0.6) is 0 Å². The molecule has 0 saturated heterocycles. The fourth-order valence-electron chi connectivity index (χ4n) is 4.18. The molecule has 0 spiro atoms. The molecule has 1 fully saturated rings. The van der Waals surface area contributed by atoms with E-state index in [1.165, 1.54) is 31.4 Å². The van der Waals surface area contributed by atoms with Crippen LogP contribution in [-0.4, -0.2) is 20.7 Å². The highest BCUT2D eigenvalue weighted by molar-refractivity contribution is 8.00. The van der Waals surface area contributed by atoms with E-state index in [1.807, 2.05) is 49.4 Å². The Balaban J connectivity index is 1.52. The summed E-state index contributed by atoms with van der Waals surface area (Å²) in [7, 11) is 0. The Morgan fingerprint density at radius 2 is 1.73 bits per heavy atom. The number of hydrogen-bond acceptors (Lipinski definition) is 3. The van der Waals surface area contributed by atoms with Gasteiger partial charge in [0.1, 0.15) is 0 Å². The number of aryl methyl sites for hydroxylation is 1. The number of anilines is 1. The first-order valence-corrected chi connectivity index (χ1v) is 11.6. The first kappa shape index (κ1) is 20.7. The van der Waals surface area contributed by atoms with Gasteiger partial charge in [0.05, 0.1) is 10.9 Å². The van der Waals surface area contributed by atoms with Gasteiger partial charge in [-0.3, -0.25) is 4.79 Å². The van der Waals surface area contributed by atoms with Gasteiger partial charge in [0.2, 0.25) is 5.91 Å². The van der Waals surface area contributed by atoms with E-state index in [0.29, 0.717) is 6.04 Å². The molecule has 1 atom stereocenters. The number of hydrogen-bond donors (Lipinski definition) is 1. The Morgan fingerprint density at radius 3 is 2.47 bits per heavy atom. The Hall–Kier alpha value is -2.53. The lowest BCUT2D eigenvalue weighted by molar-refractivity contribution is -0.115. The summed E-state index contributed by atoms with van der Waals surface area (Å²) >= 11 is 1.56. The first-order valence-electron chi connectivity index (χ1n) is 10.7. The number of nitrogens with zero attached hydrogens (tertiary/aromatic N) is 2. The summed E-state index contributed by atoms with van der Waals surface area (Å²) in [5.74, 6) is -0.000316. The number of rotatable bonds is 6. The average molecular weight is 420 g/mol. The molecule has 1 unspecified atom stereocenters. The quantitative estimate of drug-likeness (QED) is 0.470. The molecule has 3 aromatic rings. The summed E-state index contributed by atoms with van der Waals surface area (Å²) in [6.07, 6.45) is 4.96. The van der Waals surface area contributed by atoms with Crippen LogP contribution in [0, 0.1) is 13.8 Å². The molecule has 30 heavy (non-hydrogen) atoms. The number of nitrogens with one attached hydrogen (secondary N) is 1. The van der Waals surface area contributed by atoms with Crippen molar-refractivity contribution < 1.29 is 4.79 Å². The van der Waals surface area contributed by atoms with E-state index in [4.69, 9.17) is 4.98 Å². The molecule has 0 bridgehead atoms. The van der Waals surface area contributed by atoms with Crippen LogP contribution in [0.2, 0.25) is 0 Å². The second kappa shape index (κ2) is 9.09. The van der Waals surface area contributed by atoms with Crippen LogP contribution >= 0.6 is 11.8 Å². The number of thioether (sulfide) groups is 1. The Bertz CT molecular complexity index is 1020. The molecule has 1 heterocycles. The molecule has 156 valence electrons. The highest BCUT2D eigenvalue weighted by atomic mass is 32.2. The van der Waals surface area contributed by atoms with Crippen LogP contribution in [0.15, 0.2) is 59.8 Å². The molecule has 1 saturated carbocycles. The normalized spacial score (nSPS) is 15.3. The highest BCUT2D eigenvalue weighted by Gasteiger charge is 2.26. The monoisotopic (exact) mass is 419 g/mol. The Labute approximate surface area is 183 Å². The van der Waals surface area contributed by atoms with Crippen molar-refractivity contribution in [2.75, 3.05) is 5.32 Å². The van der Waals surface area contributed by atoms with E-state index < -0.39 is 0 Å². The van der Waals surface area contributed by atoms with Crippen LogP contribution in [0.25, 0.3) is 11.1 Å². The highest BCUT2D eigenvalue weighted by Crippen LogP contribution is 2.37. The summed E-state index contributed by atoms with van der Waals surface area (Å²) in [6.45, 7) is 6.17. The third-order valence-electron chi connectivity index (χ3n) is 5.97. The third kappa shape index (κ3) is 4.31. The lowest BCUT2D eigenvalue weighted by Gasteiger charge is -2.19. The number of amides is 1. The van der Waals surface area contributed by atoms with E-state index in [1.54, 1.807) is 11.8 Å². The molecule has 1 amide bonds. The van der Waals surface area contributed by atoms with E-state index in [-0.39, 0.29) is 11.2 Å². The Morgan fingerprint density at radius 1 is 1.07 bits per heavy atom. The molecule has 5 heteroatoms. The Kier molecular flexibility index (Phi) is 6.28. The molecule has 1 N–H and O–H groups in total. The van der Waals surface area contributed by atoms with Gasteiger partial charge in [-0.2, -0.15) is 0 Å². The summed E-state index contributed by atoms with van der Waals surface area (Å²) in [4.78, 5) is 17.9. The molecular weight excluding hydrogens is 390 g/mol. The fourth-order valence-corrected chi connectivity index (χ4v) is 5.25. The second-order valence-corrected chi connectivity index (χ2v) is 9.34. The van der Waals surface area contributed by atoms with Gasteiger partial charge in [0.25, 0.3) is 0 Å². The van der Waals surface area contributed by atoms with Crippen molar-refractivity contribution in [3.63, 3.8) is 0 Å². The topological polar surface area (TPSA) is 46.9 Å². The lowest BCUT2D eigenvalue weighted by atomic mass is 10.0. The van der Waals surface area contributed by atoms with Crippen LogP contribution in [-0.2, 0) is 4.79 Å². The smallest absolute Gasteiger partial charge is 0.237 e. The number of para-hydroxylation sites is 1. The number of aromatic nitrogens is 2. The van der Waals surface area contributed by atoms with E-state index >= 15 is 0 Å². The largest absolute Gasteiger partial charge is 0.325 e. The molecule has 1 aliphatic carbocycles. The average Bonchev–Trinajstić information content (AvgIpc) is 3.37. The van der Waals surface area contributed by atoms with Crippen molar-refractivity contribution in [2.45, 2.75) is 62.9 Å². The first-order chi connectivity index (χ1) is 14.5. The van der Waals surface area contributed by atoms with Gasteiger partial charge in [0, 0.05) is 23.0 Å². The van der Waals surface area contributed by atoms with E-state index in [9.17, 15) is 4.79 Å². The summed E-state index contributed by atoms with van der Waals surface area (Å²) < 4.78 is 2.37. The van der Waals surface area contributed by atoms with Crippen molar-refractivity contribution in [3.8, 4) is 11.1 Å². The maximum atomic E-state index is 13.1. The van der Waals surface area contributed by atoms with E-state index in [0.717, 1.165) is 27.7 Å². The van der Waals surface area contributed by atoms with Gasteiger partial charge in [-0.1, -0.05) is 73.1 Å². The van der Waals surface area contributed by atoms with Gasteiger partial charge >= 0.3 is 0 Å². The van der Waals surface area contributed by atoms with Crippen LogP contribution < -0.4 is 5.32 Å². The van der Waals surface area contributed by atoms with Crippen molar-refractivity contribution in [2.24, 2.45) is 0 Å². The third-order valence-corrected chi connectivity index (χ3v) is 7.03. The lowest BCUT2D eigenvalue weighted by Crippen LogP contribution is -2.23. The van der Waals surface area contributed by atoms with Crippen molar-refractivity contribution >= 4 is 23.4 Å². The minimum absolute atomic E-state index is 0.000316. The standard InChI is InChI=1S/C25H29N3OS/c1-17-18(2)28(21-13-7-8-14-21)25(26-17)30-19(3)24(29)27-23-16-10-9-15-22(23)20-11-5-4-6-12-20/h4-6,9-12,15-16,19,21H,7-8,13-14H2,1-3H3,(H,27,29). The maximum absolute atomic E-state index is 13.1. The predicted octanol–water partition coefficient (Wildman–Crippen LogP) is 6.40. The molecule has 1 aliphatic rings. The second-order valence-electron chi connectivity index (χ2n) is 8.03. The maximum Gasteiger partial charge on any atom is 0.237 e. The SMILES string of the molecule is Cc1nc(SC(C)C(=O)Nc2ccccc2-c2ccccc2)n(C2CCCC2)c1C. The molecular formula is C25H29N3OS. The molecule has 4 rings (SSSR count). The van der Waals surface area contributed by atoms with Crippen molar-refractivity contribution in [3.05, 3.63) is 66.0 Å². The summed E-state index contributed by atoms with van der Waals surface area (Å²) in [5, 5.41) is 3.87. The van der Waals surface area contributed by atoms with E-state index in [2.05, 4.69) is 35.9 Å². The van der Waals surface area contributed by atoms with Gasteiger partial charge in [-0.15, -0.1) is 0 Å². The van der Waals surface area contributed by atoms with Crippen molar-refractivity contribution in [1.82, 2.24) is 9.55 Å². The van der Waals surface area contributed by atoms with Crippen LogP contribution in [0.1, 0.15) is 50.0 Å².